The second kappa shape index (κ2) is 3.70. The standard InChI is InChI=1S/C11H22BNO3/c1-9(2)10(3,4)16-12(15-9)11(8-14)5-6-13-7-11/h13-14H,5-8H2,1-4H3. The summed E-state index contributed by atoms with van der Waals surface area (Å²) in [5, 5.41) is 12.6. The molecule has 0 aromatic rings. The molecule has 2 rings (SSSR count). The van der Waals surface area contributed by atoms with Crippen LogP contribution in [0.3, 0.4) is 0 Å². The lowest BCUT2D eigenvalue weighted by molar-refractivity contribution is 0.00578. The topological polar surface area (TPSA) is 50.7 Å². The smallest absolute Gasteiger partial charge is 0.403 e. The van der Waals surface area contributed by atoms with Gasteiger partial charge >= 0.3 is 7.12 Å². The highest BCUT2D eigenvalue weighted by molar-refractivity contribution is 6.50. The highest BCUT2D eigenvalue weighted by Gasteiger charge is 2.60. The van der Waals surface area contributed by atoms with Crippen molar-refractivity contribution in [3.8, 4) is 0 Å². The van der Waals surface area contributed by atoms with E-state index in [4.69, 9.17) is 9.31 Å². The molecule has 5 heteroatoms. The number of aliphatic hydroxyl groups is 1. The van der Waals surface area contributed by atoms with Crippen LogP contribution in [0, 0.1) is 0 Å². The molecular weight excluding hydrogens is 205 g/mol. The lowest BCUT2D eigenvalue weighted by Gasteiger charge is -2.32. The van der Waals surface area contributed by atoms with Crippen molar-refractivity contribution in [2.24, 2.45) is 0 Å². The molecule has 4 nitrogen and oxygen atoms in total. The van der Waals surface area contributed by atoms with Gasteiger partial charge in [-0.15, -0.1) is 0 Å². The highest BCUT2D eigenvalue weighted by atomic mass is 16.7. The molecule has 1 atom stereocenters. The third kappa shape index (κ3) is 1.70. The van der Waals surface area contributed by atoms with Gasteiger partial charge < -0.3 is 19.7 Å². The van der Waals surface area contributed by atoms with Crippen molar-refractivity contribution < 1.29 is 14.4 Å². The molecule has 2 aliphatic rings. The van der Waals surface area contributed by atoms with Gasteiger partial charge in [-0.25, -0.2) is 0 Å². The average molecular weight is 227 g/mol. The van der Waals surface area contributed by atoms with Crippen molar-refractivity contribution in [2.75, 3.05) is 19.7 Å². The minimum atomic E-state index is -0.317. The SMILES string of the molecule is CC1(C)OB(C2(CO)CCNC2)OC1(C)C. The van der Waals surface area contributed by atoms with Gasteiger partial charge in [-0.1, -0.05) is 0 Å². The van der Waals surface area contributed by atoms with Crippen LogP contribution in [0.2, 0.25) is 5.31 Å². The summed E-state index contributed by atoms with van der Waals surface area (Å²) < 4.78 is 12.0. The Hall–Kier alpha value is -0.0951. The summed E-state index contributed by atoms with van der Waals surface area (Å²) >= 11 is 0. The Morgan fingerprint density at radius 2 is 1.75 bits per heavy atom. The van der Waals surface area contributed by atoms with Gasteiger partial charge in [0.05, 0.1) is 11.2 Å². The predicted octanol–water partition coefficient (Wildman–Crippen LogP) is 0.805. The van der Waals surface area contributed by atoms with Crippen LogP contribution in [-0.2, 0) is 9.31 Å². The first kappa shape index (κ1) is 12.4. The second-order valence-corrected chi connectivity index (χ2v) is 6.04. The number of rotatable bonds is 2. The fourth-order valence-electron chi connectivity index (χ4n) is 2.27. The van der Waals surface area contributed by atoms with Gasteiger partial charge in [0.1, 0.15) is 0 Å². The second-order valence-electron chi connectivity index (χ2n) is 6.04. The zero-order valence-electron chi connectivity index (χ0n) is 10.7. The maximum Gasteiger partial charge on any atom is 0.468 e. The Bertz CT molecular complexity index is 258. The van der Waals surface area contributed by atoms with Crippen molar-refractivity contribution >= 4 is 7.12 Å². The third-order valence-electron chi connectivity index (χ3n) is 4.34. The van der Waals surface area contributed by atoms with Crippen LogP contribution in [-0.4, -0.2) is 43.1 Å². The first-order valence-electron chi connectivity index (χ1n) is 6.00. The van der Waals surface area contributed by atoms with Crippen LogP contribution >= 0.6 is 0 Å². The van der Waals surface area contributed by atoms with Gasteiger partial charge in [0.25, 0.3) is 0 Å². The maximum atomic E-state index is 9.62. The molecule has 0 aromatic heterocycles. The minimum Gasteiger partial charge on any atom is -0.403 e. The van der Waals surface area contributed by atoms with Crippen LogP contribution in [0.5, 0.6) is 0 Å². The summed E-state index contributed by atoms with van der Waals surface area (Å²) in [4.78, 5) is 0. The highest BCUT2D eigenvalue weighted by Crippen LogP contribution is 2.47. The Balaban J connectivity index is 2.19. The summed E-state index contributed by atoms with van der Waals surface area (Å²) in [5.41, 5.74) is -0.634. The van der Waals surface area contributed by atoms with Crippen molar-refractivity contribution in [1.29, 1.82) is 0 Å². The summed E-state index contributed by atoms with van der Waals surface area (Å²) in [7, 11) is -0.308. The molecule has 2 saturated heterocycles. The summed E-state index contributed by atoms with van der Waals surface area (Å²) in [6.45, 7) is 9.96. The molecule has 0 spiro atoms. The van der Waals surface area contributed by atoms with Crippen molar-refractivity contribution in [3.05, 3.63) is 0 Å². The molecule has 0 radical (unpaired) electrons. The van der Waals surface area contributed by atoms with E-state index in [2.05, 4.69) is 5.32 Å². The van der Waals surface area contributed by atoms with Gasteiger partial charge in [0.15, 0.2) is 0 Å². The van der Waals surface area contributed by atoms with Gasteiger partial charge in [-0.05, 0) is 40.7 Å². The van der Waals surface area contributed by atoms with E-state index in [1.807, 2.05) is 27.7 Å². The molecule has 2 fully saturated rings. The van der Waals surface area contributed by atoms with E-state index in [0.717, 1.165) is 19.5 Å². The van der Waals surface area contributed by atoms with Gasteiger partial charge in [-0.3, -0.25) is 0 Å². The first-order valence-corrected chi connectivity index (χ1v) is 6.00. The Morgan fingerprint density at radius 3 is 2.12 bits per heavy atom. The minimum absolute atomic E-state index is 0.108. The summed E-state index contributed by atoms with van der Waals surface area (Å²) in [5.74, 6) is 0. The molecule has 0 aromatic carbocycles. The average Bonchev–Trinajstić information content (AvgIpc) is 2.71. The molecule has 0 aliphatic carbocycles. The van der Waals surface area contributed by atoms with Gasteiger partial charge in [0, 0.05) is 18.5 Å². The normalized spacial score (nSPS) is 36.9. The molecule has 16 heavy (non-hydrogen) atoms. The number of hydrogen-bond acceptors (Lipinski definition) is 4. The van der Waals surface area contributed by atoms with E-state index in [1.165, 1.54) is 0 Å². The Kier molecular flexibility index (Phi) is 2.86. The summed E-state index contributed by atoms with van der Waals surface area (Å²) in [6, 6.07) is 0. The first-order chi connectivity index (χ1) is 7.33. The lowest BCUT2D eigenvalue weighted by Crippen LogP contribution is -2.41. The van der Waals surface area contributed by atoms with Crippen molar-refractivity contribution in [2.45, 2.75) is 50.6 Å². The van der Waals surface area contributed by atoms with Gasteiger partial charge in [-0.2, -0.15) is 0 Å². The zero-order chi connectivity index (χ0) is 12.0. The van der Waals surface area contributed by atoms with Crippen LogP contribution in [0.4, 0.5) is 0 Å². The Labute approximate surface area is 97.8 Å². The predicted molar refractivity (Wildman–Crippen MR) is 63.3 cm³/mol. The van der Waals surface area contributed by atoms with E-state index in [-0.39, 0.29) is 30.2 Å². The van der Waals surface area contributed by atoms with E-state index < -0.39 is 0 Å². The van der Waals surface area contributed by atoms with Crippen molar-refractivity contribution in [3.63, 3.8) is 0 Å². The molecule has 0 saturated carbocycles. The molecule has 0 bridgehead atoms. The van der Waals surface area contributed by atoms with E-state index in [0.29, 0.717) is 0 Å². The molecule has 2 aliphatic heterocycles. The van der Waals surface area contributed by atoms with E-state index in [1.54, 1.807) is 0 Å². The number of nitrogens with one attached hydrogen (secondary N) is 1. The largest absolute Gasteiger partial charge is 0.468 e. The van der Waals surface area contributed by atoms with E-state index in [9.17, 15) is 5.11 Å². The number of hydrogen-bond donors (Lipinski definition) is 2. The third-order valence-corrected chi connectivity index (χ3v) is 4.34. The zero-order valence-corrected chi connectivity index (χ0v) is 10.7. The monoisotopic (exact) mass is 227 g/mol. The number of aliphatic hydroxyl groups excluding tert-OH is 1. The molecule has 2 heterocycles. The maximum absolute atomic E-state index is 9.62. The molecule has 92 valence electrons. The fraction of sp³-hybridized carbons (Fsp3) is 1.00. The molecule has 2 N–H and O–H groups in total. The van der Waals surface area contributed by atoms with Gasteiger partial charge in [0.2, 0.25) is 0 Å². The quantitative estimate of drug-likeness (QED) is 0.685. The van der Waals surface area contributed by atoms with Crippen LogP contribution in [0.15, 0.2) is 0 Å². The van der Waals surface area contributed by atoms with E-state index >= 15 is 0 Å². The summed E-state index contributed by atoms with van der Waals surface area (Å²) in [6.07, 6.45) is 0.903. The molecular formula is C11H22BNO3. The van der Waals surface area contributed by atoms with Crippen LogP contribution in [0.1, 0.15) is 34.1 Å². The molecule has 0 amide bonds. The van der Waals surface area contributed by atoms with Crippen molar-refractivity contribution in [1.82, 2.24) is 5.32 Å². The fourth-order valence-corrected chi connectivity index (χ4v) is 2.27. The molecule has 1 unspecified atom stereocenters. The van der Waals surface area contributed by atoms with Crippen LogP contribution in [0.25, 0.3) is 0 Å². The Morgan fingerprint density at radius 1 is 1.19 bits per heavy atom. The lowest BCUT2D eigenvalue weighted by atomic mass is 9.57. The van der Waals surface area contributed by atoms with Crippen LogP contribution < -0.4 is 5.32 Å².